The molecule has 0 saturated carbocycles. The lowest BCUT2D eigenvalue weighted by Crippen LogP contribution is -2.07. The van der Waals surface area contributed by atoms with Gasteiger partial charge in [-0.2, -0.15) is 0 Å². The van der Waals surface area contributed by atoms with Crippen LogP contribution in [0.15, 0.2) is 144 Å². The van der Waals surface area contributed by atoms with Crippen LogP contribution in [0.1, 0.15) is 11.1 Å². The van der Waals surface area contributed by atoms with Crippen LogP contribution in [-0.4, -0.2) is 14.5 Å². The third-order valence-corrected chi connectivity index (χ3v) is 11.7. The van der Waals surface area contributed by atoms with Crippen LogP contribution in [0.3, 0.4) is 0 Å². The van der Waals surface area contributed by atoms with Crippen LogP contribution < -0.4 is 0 Å². The van der Waals surface area contributed by atoms with Crippen LogP contribution in [-0.2, 0) is 0 Å². The first kappa shape index (κ1) is 28.5. The van der Waals surface area contributed by atoms with Gasteiger partial charge >= 0.3 is 0 Å². The molecule has 4 nitrogen and oxygen atoms in total. The van der Waals surface area contributed by atoms with Crippen molar-refractivity contribution in [1.29, 1.82) is 0 Å². The van der Waals surface area contributed by atoms with Gasteiger partial charge in [-0.25, -0.2) is 9.97 Å². The molecule has 0 bridgehead atoms. The Kier molecular flexibility index (Phi) is 5.93. The first-order valence-electron chi connectivity index (χ1n) is 17.3. The van der Waals surface area contributed by atoms with Gasteiger partial charge in [-0.1, -0.05) is 103 Å². The zero-order valence-corrected chi connectivity index (χ0v) is 28.8. The molecule has 0 spiro atoms. The van der Waals surface area contributed by atoms with E-state index < -0.39 is 0 Å². The molecular weight excluding hydrogens is 643 g/mol. The van der Waals surface area contributed by atoms with Crippen molar-refractivity contribution in [2.45, 2.75) is 13.8 Å². The fourth-order valence-corrected chi connectivity index (χ4v) is 9.43. The molecule has 0 fully saturated rings. The van der Waals surface area contributed by atoms with Crippen molar-refractivity contribution in [2.75, 3.05) is 0 Å². The third kappa shape index (κ3) is 4.01. The molecule has 11 aromatic rings. The highest BCUT2D eigenvalue weighted by molar-refractivity contribution is 7.27. The minimum Gasteiger partial charge on any atom is -0.456 e. The molecule has 7 aromatic carbocycles. The normalized spacial score (nSPS) is 12.1. The molecule has 0 N–H and O–H groups in total. The van der Waals surface area contributed by atoms with Gasteiger partial charge < -0.3 is 4.42 Å². The molecule has 0 aliphatic carbocycles. The minimum absolute atomic E-state index is 0.657. The van der Waals surface area contributed by atoms with Gasteiger partial charge in [0.05, 0.1) is 22.4 Å². The molecule has 51 heavy (non-hydrogen) atoms. The summed E-state index contributed by atoms with van der Waals surface area (Å²) >= 11 is 1.86. The summed E-state index contributed by atoms with van der Waals surface area (Å²) in [5, 5.41) is 9.61. The maximum atomic E-state index is 6.23. The Balaban J connectivity index is 1.32. The Bertz CT molecular complexity index is 3230. The van der Waals surface area contributed by atoms with Crippen LogP contribution >= 0.6 is 11.3 Å². The number of hydrogen-bond donors (Lipinski definition) is 0. The van der Waals surface area contributed by atoms with Gasteiger partial charge in [-0.3, -0.25) is 4.57 Å². The minimum atomic E-state index is 0.657. The summed E-state index contributed by atoms with van der Waals surface area (Å²) in [6, 6.07) is 49.5. The monoisotopic (exact) mass is 671 g/mol. The summed E-state index contributed by atoms with van der Waals surface area (Å²) < 4.78 is 11.1. The van der Waals surface area contributed by atoms with Crippen LogP contribution in [0.5, 0.6) is 0 Å². The van der Waals surface area contributed by atoms with E-state index in [-0.39, 0.29) is 0 Å². The summed E-state index contributed by atoms with van der Waals surface area (Å²) in [6.45, 7) is 4.32. The van der Waals surface area contributed by atoms with Gasteiger partial charge in [-0.15, -0.1) is 11.3 Å². The molecular formula is C46H29N3OS. The van der Waals surface area contributed by atoms with Crippen LogP contribution in [0.25, 0.3) is 103 Å². The fourth-order valence-electron chi connectivity index (χ4n) is 8.19. The van der Waals surface area contributed by atoms with E-state index >= 15 is 0 Å². The number of aryl methyl sites for hydroxylation is 1. The molecule has 0 unspecified atom stereocenters. The summed E-state index contributed by atoms with van der Waals surface area (Å²) in [7, 11) is 0. The predicted molar refractivity (Wildman–Crippen MR) is 214 cm³/mol. The summed E-state index contributed by atoms with van der Waals surface area (Å²) in [4.78, 5) is 11.1. The third-order valence-electron chi connectivity index (χ3n) is 10.5. The number of aromatic nitrogens is 3. The number of benzene rings is 7. The standard InChI is InChI=1S/C46H29N3OS/c1-26-13-3-4-14-29(26)43-27(2)42(28-23-24-38-35(25-28)30-15-8-11-21-37(30)50-38)47-46(48-43)49-36-20-10-7-18-33(36)40-31-16-5-6-17-32(31)45-41(44(40)49)34-19-9-12-22-39(34)51-45/h3-25H,1-2H3. The molecule has 0 atom stereocenters. The number of fused-ring (bicyclic) bond motifs is 13. The lowest BCUT2D eigenvalue weighted by Gasteiger charge is -2.17. The van der Waals surface area contributed by atoms with Crippen LogP contribution in [0.4, 0.5) is 0 Å². The number of hydrogen-bond acceptors (Lipinski definition) is 4. The smallest absolute Gasteiger partial charge is 0.235 e. The zero-order chi connectivity index (χ0) is 33.8. The summed E-state index contributed by atoms with van der Waals surface area (Å²) in [5.74, 6) is 0.657. The maximum absolute atomic E-state index is 6.23. The average molecular weight is 672 g/mol. The lowest BCUT2D eigenvalue weighted by molar-refractivity contribution is 0.669. The van der Waals surface area contributed by atoms with Gasteiger partial charge in [0, 0.05) is 63.8 Å². The van der Waals surface area contributed by atoms with E-state index in [2.05, 4.69) is 146 Å². The molecule has 0 saturated heterocycles. The van der Waals surface area contributed by atoms with E-state index in [1.807, 2.05) is 23.5 Å². The van der Waals surface area contributed by atoms with Crippen molar-refractivity contribution in [3.8, 4) is 28.5 Å². The molecule has 240 valence electrons. The molecule has 4 heterocycles. The second-order valence-electron chi connectivity index (χ2n) is 13.4. The topological polar surface area (TPSA) is 43.9 Å². The van der Waals surface area contributed by atoms with Crippen molar-refractivity contribution in [2.24, 2.45) is 0 Å². The molecule has 11 rings (SSSR count). The van der Waals surface area contributed by atoms with Gasteiger partial charge in [0.2, 0.25) is 5.95 Å². The molecule has 0 radical (unpaired) electrons. The number of para-hydroxylation sites is 2. The zero-order valence-electron chi connectivity index (χ0n) is 27.9. The van der Waals surface area contributed by atoms with Crippen molar-refractivity contribution >= 4 is 86.0 Å². The van der Waals surface area contributed by atoms with Crippen LogP contribution in [0.2, 0.25) is 0 Å². The Labute approximate surface area is 296 Å². The van der Waals surface area contributed by atoms with Gasteiger partial charge in [0.25, 0.3) is 0 Å². The molecule has 5 heteroatoms. The number of thiophene rings is 1. The predicted octanol–water partition coefficient (Wildman–Crippen LogP) is 12.9. The number of rotatable bonds is 3. The molecule has 0 aliphatic rings. The highest BCUT2D eigenvalue weighted by Crippen LogP contribution is 2.48. The largest absolute Gasteiger partial charge is 0.456 e. The number of furan rings is 1. The van der Waals surface area contributed by atoms with E-state index in [9.17, 15) is 0 Å². The van der Waals surface area contributed by atoms with E-state index in [0.717, 1.165) is 61.1 Å². The highest BCUT2D eigenvalue weighted by atomic mass is 32.1. The molecule has 0 aliphatic heterocycles. The fraction of sp³-hybridized carbons (Fsp3) is 0.0435. The number of nitrogens with zero attached hydrogens (tertiary/aromatic N) is 3. The Morgan fingerprint density at radius 3 is 2.08 bits per heavy atom. The average Bonchev–Trinajstić information content (AvgIpc) is 3.85. The Morgan fingerprint density at radius 1 is 0.549 bits per heavy atom. The summed E-state index contributed by atoms with van der Waals surface area (Å²) in [6.07, 6.45) is 0. The molecule has 4 aromatic heterocycles. The van der Waals surface area contributed by atoms with Gasteiger partial charge in [0.1, 0.15) is 11.2 Å². The van der Waals surface area contributed by atoms with Crippen molar-refractivity contribution in [3.05, 3.63) is 151 Å². The van der Waals surface area contributed by atoms with Crippen molar-refractivity contribution in [1.82, 2.24) is 14.5 Å². The van der Waals surface area contributed by atoms with E-state index in [1.54, 1.807) is 0 Å². The Hall–Kier alpha value is -6.30. The van der Waals surface area contributed by atoms with Crippen LogP contribution in [0, 0.1) is 13.8 Å². The maximum Gasteiger partial charge on any atom is 0.235 e. The summed E-state index contributed by atoms with van der Waals surface area (Å²) in [5.41, 5.74) is 10.2. The van der Waals surface area contributed by atoms with Crippen molar-refractivity contribution < 1.29 is 4.42 Å². The second kappa shape index (κ2) is 10.6. The highest BCUT2D eigenvalue weighted by Gasteiger charge is 2.25. The SMILES string of the molecule is Cc1ccccc1-c1nc(-n2c3ccccc3c3c4ccccc4c4sc5ccccc5c4c32)nc(-c2ccc3oc4ccccc4c3c2)c1C. The lowest BCUT2D eigenvalue weighted by atomic mass is 9.97. The van der Waals surface area contributed by atoms with Gasteiger partial charge in [-0.05, 0) is 61.2 Å². The molecule has 0 amide bonds. The van der Waals surface area contributed by atoms with Gasteiger partial charge in [0.15, 0.2) is 0 Å². The van der Waals surface area contributed by atoms with E-state index in [4.69, 9.17) is 14.4 Å². The first-order chi connectivity index (χ1) is 25.1. The quantitative estimate of drug-likeness (QED) is 0.188. The van der Waals surface area contributed by atoms with E-state index in [0.29, 0.717) is 5.95 Å². The second-order valence-corrected chi connectivity index (χ2v) is 14.4. The van der Waals surface area contributed by atoms with Crippen molar-refractivity contribution in [3.63, 3.8) is 0 Å². The van der Waals surface area contributed by atoms with E-state index in [1.165, 1.54) is 47.3 Å². The Morgan fingerprint density at radius 2 is 1.22 bits per heavy atom. The first-order valence-corrected chi connectivity index (χ1v) is 18.1.